The number of alkyl halides is 3. The molecule has 1 N–H and O–H groups in total. The molecule has 0 fully saturated rings. The van der Waals surface area contributed by atoms with Crippen LogP contribution in [0.3, 0.4) is 0 Å². The molecule has 0 spiro atoms. The maximum atomic E-state index is 13.8. The second-order valence-corrected chi connectivity index (χ2v) is 10.8. The molecule has 216 valence electrons. The second-order valence-electron chi connectivity index (χ2n) is 10.8. The van der Waals surface area contributed by atoms with E-state index in [1.165, 1.54) is 17.3 Å². The van der Waals surface area contributed by atoms with Crippen LogP contribution in [-0.4, -0.2) is 9.55 Å². The van der Waals surface area contributed by atoms with Gasteiger partial charge in [0, 0.05) is 18.3 Å². The van der Waals surface area contributed by atoms with Crippen LogP contribution < -0.4 is 5.32 Å². The zero-order valence-corrected chi connectivity index (χ0v) is 25.2. The van der Waals surface area contributed by atoms with Crippen molar-refractivity contribution in [1.82, 2.24) is 9.55 Å². The molecule has 2 heterocycles. The van der Waals surface area contributed by atoms with Crippen molar-refractivity contribution in [2.45, 2.75) is 93.4 Å². The molecule has 0 radical (unpaired) electrons. The van der Waals surface area contributed by atoms with Crippen LogP contribution in [0.1, 0.15) is 95.4 Å². The topological polar surface area (TPSA) is 29.9 Å². The molecule has 0 saturated heterocycles. The van der Waals surface area contributed by atoms with E-state index in [1.54, 1.807) is 12.1 Å². The first-order valence-electron chi connectivity index (χ1n) is 14.4. The predicted octanol–water partition coefficient (Wildman–Crippen LogP) is 10.5. The van der Waals surface area contributed by atoms with Gasteiger partial charge in [0.05, 0.1) is 28.0 Å². The summed E-state index contributed by atoms with van der Waals surface area (Å²) in [5, 5.41) is 3.41. The van der Waals surface area contributed by atoms with Gasteiger partial charge in [-0.3, -0.25) is 0 Å². The second kappa shape index (κ2) is 13.4. The summed E-state index contributed by atoms with van der Waals surface area (Å²) in [6, 6.07) is 7.96. The molecule has 1 unspecified atom stereocenters. The number of anilines is 1. The Morgan fingerprint density at radius 3 is 2.38 bits per heavy atom. The Labute approximate surface area is 237 Å². The Morgan fingerprint density at radius 1 is 1.07 bits per heavy atom. The lowest BCUT2D eigenvalue weighted by atomic mass is 9.92. The van der Waals surface area contributed by atoms with Crippen LogP contribution in [0.15, 0.2) is 60.2 Å². The van der Waals surface area contributed by atoms with Crippen molar-refractivity contribution < 1.29 is 13.2 Å². The molecule has 0 aliphatic heterocycles. The number of nitrogens with zero attached hydrogens (tertiary/aromatic N) is 2. The minimum Gasteiger partial charge on any atom is -0.379 e. The number of fused-ring (bicyclic) bond motifs is 1. The van der Waals surface area contributed by atoms with Gasteiger partial charge in [-0.15, -0.1) is 0 Å². The molecule has 1 atom stereocenters. The van der Waals surface area contributed by atoms with Gasteiger partial charge in [-0.1, -0.05) is 75.8 Å². The highest BCUT2D eigenvalue weighted by Crippen LogP contribution is 2.38. The Hall–Kier alpha value is -3.28. The highest BCUT2D eigenvalue weighted by molar-refractivity contribution is 5.95. The molecule has 3 aromatic rings. The number of hydrogen-bond donors (Lipinski definition) is 1. The Bertz CT molecular complexity index is 1400. The third-order valence-electron chi connectivity index (χ3n) is 7.75. The van der Waals surface area contributed by atoms with Crippen LogP contribution in [0.5, 0.6) is 0 Å². The zero-order chi connectivity index (χ0) is 29.6. The maximum absolute atomic E-state index is 13.8. The van der Waals surface area contributed by atoms with E-state index in [0.29, 0.717) is 5.92 Å². The largest absolute Gasteiger partial charge is 0.416 e. The van der Waals surface area contributed by atoms with Crippen LogP contribution in [0.4, 0.5) is 18.9 Å². The molecule has 0 aliphatic rings. The van der Waals surface area contributed by atoms with E-state index in [-0.39, 0.29) is 18.2 Å². The number of aryl methyl sites for hydroxylation is 1. The van der Waals surface area contributed by atoms with E-state index in [2.05, 4.69) is 77.4 Å². The standard InChI is InChI=1S/C34H44F3N3/c1-9-12-13-14-18-27(24(7)23(6)10-2)29-20-30(38-21-26-17-15-16-19-28(26)34(35,36)37)33-32(39-29)25(8)31(11-3)40(33)22(4)5/h12-20,22-23H,9-11,21H2,1-8H3,(H,38,39)/b13-12+,18-14-,27-24-. The van der Waals surface area contributed by atoms with Gasteiger partial charge in [0.2, 0.25) is 0 Å². The van der Waals surface area contributed by atoms with Crippen LogP contribution >= 0.6 is 0 Å². The third-order valence-corrected chi connectivity index (χ3v) is 7.75. The van der Waals surface area contributed by atoms with Crippen LogP contribution in [0, 0.1) is 12.8 Å². The molecule has 2 aromatic heterocycles. The number of benzene rings is 1. The number of halogens is 3. The molecular formula is C34H44F3N3. The Morgan fingerprint density at radius 2 is 1.77 bits per heavy atom. The third kappa shape index (κ3) is 6.71. The van der Waals surface area contributed by atoms with Crippen molar-refractivity contribution in [1.29, 1.82) is 0 Å². The molecule has 40 heavy (non-hydrogen) atoms. The van der Waals surface area contributed by atoms with Gasteiger partial charge in [-0.25, -0.2) is 4.98 Å². The fourth-order valence-electron chi connectivity index (χ4n) is 5.27. The monoisotopic (exact) mass is 551 g/mol. The van der Waals surface area contributed by atoms with E-state index >= 15 is 0 Å². The average Bonchev–Trinajstić information content (AvgIpc) is 3.22. The van der Waals surface area contributed by atoms with Crippen LogP contribution in [0.25, 0.3) is 16.6 Å². The maximum Gasteiger partial charge on any atom is 0.416 e. The van der Waals surface area contributed by atoms with Gasteiger partial charge in [-0.05, 0) is 81.7 Å². The van der Waals surface area contributed by atoms with Gasteiger partial charge >= 0.3 is 6.18 Å². The van der Waals surface area contributed by atoms with Gasteiger partial charge < -0.3 is 9.88 Å². The molecule has 6 heteroatoms. The molecular weight excluding hydrogens is 507 g/mol. The smallest absolute Gasteiger partial charge is 0.379 e. The zero-order valence-electron chi connectivity index (χ0n) is 25.2. The van der Waals surface area contributed by atoms with Gasteiger partial charge in [-0.2, -0.15) is 13.2 Å². The van der Waals surface area contributed by atoms with Crippen molar-refractivity contribution in [2.75, 3.05) is 5.32 Å². The predicted molar refractivity (Wildman–Crippen MR) is 164 cm³/mol. The summed E-state index contributed by atoms with van der Waals surface area (Å²) in [7, 11) is 0. The highest BCUT2D eigenvalue weighted by atomic mass is 19.4. The number of rotatable bonds is 11. The molecule has 0 saturated carbocycles. The van der Waals surface area contributed by atoms with E-state index in [4.69, 9.17) is 4.98 Å². The first kappa shape index (κ1) is 31.3. The number of allylic oxidation sites excluding steroid dienone is 6. The van der Waals surface area contributed by atoms with E-state index in [1.807, 2.05) is 18.2 Å². The van der Waals surface area contributed by atoms with E-state index in [0.717, 1.165) is 58.9 Å². The molecule has 3 nitrogen and oxygen atoms in total. The summed E-state index contributed by atoms with van der Waals surface area (Å²) >= 11 is 0. The van der Waals surface area contributed by atoms with E-state index < -0.39 is 11.7 Å². The van der Waals surface area contributed by atoms with Crippen molar-refractivity contribution in [3.63, 3.8) is 0 Å². The summed E-state index contributed by atoms with van der Waals surface area (Å²) in [6.07, 6.45) is 6.68. The summed E-state index contributed by atoms with van der Waals surface area (Å²) in [4.78, 5) is 5.22. The van der Waals surface area contributed by atoms with Gasteiger partial charge in [0.25, 0.3) is 0 Å². The quantitative estimate of drug-likeness (QED) is 0.240. The highest BCUT2D eigenvalue weighted by Gasteiger charge is 2.33. The van der Waals surface area contributed by atoms with E-state index in [9.17, 15) is 13.2 Å². The normalized spacial score (nSPS) is 14.1. The SMILES string of the molecule is CC/C=C/C=C\C(=C(/C)C(C)CC)c1cc(NCc2ccccc2C(F)(F)F)c2c(n1)c(C)c(CC)n2C(C)C. The fourth-order valence-corrected chi connectivity index (χ4v) is 5.27. The lowest BCUT2D eigenvalue weighted by molar-refractivity contribution is -0.138. The minimum atomic E-state index is -4.42. The van der Waals surface area contributed by atoms with Crippen LogP contribution in [0.2, 0.25) is 0 Å². The first-order chi connectivity index (χ1) is 19.0. The van der Waals surface area contributed by atoms with Crippen LogP contribution in [-0.2, 0) is 19.1 Å². The summed E-state index contributed by atoms with van der Waals surface area (Å²) < 4.78 is 43.6. The van der Waals surface area contributed by atoms with Crippen molar-refractivity contribution in [3.05, 3.63) is 88.3 Å². The summed E-state index contributed by atoms with van der Waals surface area (Å²) in [6.45, 7) is 17.2. The number of hydrogen-bond acceptors (Lipinski definition) is 2. The van der Waals surface area contributed by atoms with Gasteiger partial charge in [0.15, 0.2) is 0 Å². The van der Waals surface area contributed by atoms with Crippen molar-refractivity contribution >= 4 is 22.3 Å². The number of nitrogens with one attached hydrogen (secondary N) is 1. The Balaban J connectivity index is 2.30. The molecule has 3 rings (SSSR count). The first-order valence-corrected chi connectivity index (χ1v) is 14.4. The minimum absolute atomic E-state index is 0.0521. The summed E-state index contributed by atoms with van der Waals surface area (Å²) in [5.74, 6) is 0.356. The lowest BCUT2D eigenvalue weighted by Crippen LogP contribution is -2.13. The van der Waals surface area contributed by atoms with Crippen molar-refractivity contribution in [3.8, 4) is 0 Å². The lowest BCUT2D eigenvalue weighted by Gasteiger charge is -2.20. The molecule has 0 bridgehead atoms. The molecule has 1 aromatic carbocycles. The average molecular weight is 552 g/mol. The number of pyridine rings is 1. The van der Waals surface area contributed by atoms with Gasteiger partial charge in [0.1, 0.15) is 0 Å². The number of aromatic nitrogens is 2. The summed E-state index contributed by atoms with van der Waals surface area (Å²) in [5.41, 5.74) is 7.64. The molecule has 0 aliphatic carbocycles. The van der Waals surface area contributed by atoms with Crippen molar-refractivity contribution in [2.24, 2.45) is 5.92 Å². The fraction of sp³-hybridized carbons (Fsp3) is 0.441. The molecule has 0 amide bonds. The Kier molecular flexibility index (Phi) is 10.5.